The minimum Gasteiger partial charge on any atom is -0.337 e. The van der Waals surface area contributed by atoms with Crippen LogP contribution in [0.5, 0.6) is 0 Å². The van der Waals surface area contributed by atoms with E-state index in [1.807, 2.05) is 29.3 Å². The molecule has 2 aromatic rings. The third-order valence-corrected chi connectivity index (χ3v) is 3.28. The fourth-order valence-electron chi connectivity index (χ4n) is 2.32. The van der Waals surface area contributed by atoms with E-state index in [1.54, 1.807) is 10.7 Å². The van der Waals surface area contributed by atoms with Crippen LogP contribution >= 0.6 is 0 Å². The number of amides is 1. The lowest BCUT2D eigenvalue weighted by Gasteiger charge is -2.19. The van der Waals surface area contributed by atoms with Crippen molar-refractivity contribution in [3.8, 4) is 0 Å². The highest BCUT2D eigenvalue weighted by Gasteiger charge is 2.20. The van der Waals surface area contributed by atoms with Crippen LogP contribution in [0.15, 0.2) is 30.6 Å². The molecular weight excluding hydrogens is 228 g/mol. The summed E-state index contributed by atoms with van der Waals surface area (Å²) in [5, 5.41) is 7.51. The predicted octanol–water partition coefficient (Wildman–Crippen LogP) is 0.770. The Kier molecular flexibility index (Phi) is 2.98. The summed E-state index contributed by atoms with van der Waals surface area (Å²) < 4.78 is 1.74. The molecule has 18 heavy (non-hydrogen) atoms. The molecule has 1 aliphatic rings. The Balaban J connectivity index is 1.91. The van der Waals surface area contributed by atoms with Gasteiger partial charge in [0.25, 0.3) is 5.91 Å². The minimum absolute atomic E-state index is 0.0832. The van der Waals surface area contributed by atoms with Crippen molar-refractivity contribution in [3.05, 3.63) is 36.2 Å². The van der Waals surface area contributed by atoms with Gasteiger partial charge in [-0.25, -0.2) is 4.52 Å². The molecule has 1 saturated heterocycles. The van der Waals surface area contributed by atoms with E-state index in [4.69, 9.17) is 0 Å². The van der Waals surface area contributed by atoms with Crippen molar-refractivity contribution >= 4 is 11.4 Å². The summed E-state index contributed by atoms with van der Waals surface area (Å²) in [6.07, 6.45) is 4.52. The molecule has 0 aliphatic carbocycles. The second kappa shape index (κ2) is 4.78. The molecule has 5 heteroatoms. The molecule has 3 rings (SSSR count). The largest absolute Gasteiger partial charge is 0.337 e. The lowest BCUT2D eigenvalue weighted by atomic mass is 10.2. The number of nitrogens with zero attached hydrogens (tertiary/aromatic N) is 3. The first kappa shape index (κ1) is 11.2. The maximum Gasteiger partial charge on any atom is 0.257 e. The van der Waals surface area contributed by atoms with E-state index in [1.165, 1.54) is 0 Å². The van der Waals surface area contributed by atoms with Crippen molar-refractivity contribution < 1.29 is 4.79 Å². The van der Waals surface area contributed by atoms with Gasteiger partial charge in [0, 0.05) is 25.8 Å². The molecular formula is C13H16N4O. The number of aromatic nitrogens is 2. The van der Waals surface area contributed by atoms with Crippen LogP contribution in [0, 0.1) is 0 Å². The summed E-state index contributed by atoms with van der Waals surface area (Å²) in [7, 11) is 0. The molecule has 1 amide bonds. The predicted molar refractivity (Wildman–Crippen MR) is 68.6 cm³/mol. The summed E-state index contributed by atoms with van der Waals surface area (Å²) in [4.78, 5) is 14.4. The number of carbonyl (C=O) groups is 1. The Labute approximate surface area is 105 Å². The molecule has 1 fully saturated rings. The normalized spacial score (nSPS) is 16.8. The molecule has 1 N–H and O–H groups in total. The Morgan fingerprint density at radius 2 is 2.22 bits per heavy atom. The molecule has 0 atom stereocenters. The Morgan fingerprint density at radius 1 is 1.28 bits per heavy atom. The van der Waals surface area contributed by atoms with Crippen LogP contribution in [0.2, 0.25) is 0 Å². The van der Waals surface area contributed by atoms with E-state index in [2.05, 4.69) is 10.4 Å². The van der Waals surface area contributed by atoms with E-state index in [0.717, 1.165) is 38.1 Å². The van der Waals surface area contributed by atoms with E-state index in [0.29, 0.717) is 5.56 Å². The van der Waals surface area contributed by atoms with Gasteiger partial charge in [-0.2, -0.15) is 5.10 Å². The fourth-order valence-corrected chi connectivity index (χ4v) is 2.32. The van der Waals surface area contributed by atoms with E-state index in [-0.39, 0.29) is 5.91 Å². The maximum atomic E-state index is 12.5. The topological polar surface area (TPSA) is 49.6 Å². The Bertz CT molecular complexity index is 555. The van der Waals surface area contributed by atoms with Gasteiger partial charge in [-0.15, -0.1) is 0 Å². The zero-order valence-corrected chi connectivity index (χ0v) is 10.2. The monoisotopic (exact) mass is 244 g/mol. The van der Waals surface area contributed by atoms with Gasteiger partial charge in [-0.3, -0.25) is 4.79 Å². The van der Waals surface area contributed by atoms with Crippen molar-refractivity contribution in [2.45, 2.75) is 6.42 Å². The number of nitrogens with one attached hydrogen (secondary N) is 1. The molecule has 0 spiro atoms. The smallest absolute Gasteiger partial charge is 0.257 e. The minimum atomic E-state index is 0.0832. The van der Waals surface area contributed by atoms with Crippen molar-refractivity contribution in [3.63, 3.8) is 0 Å². The van der Waals surface area contributed by atoms with Gasteiger partial charge in [0.2, 0.25) is 0 Å². The molecule has 1 aliphatic heterocycles. The first-order valence-electron chi connectivity index (χ1n) is 6.28. The molecule has 94 valence electrons. The molecule has 0 saturated carbocycles. The van der Waals surface area contributed by atoms with Crippen molar-refractivity contribution in [1.29, 1.82) is 0 Å². The van der Waals surface area contributed by atoms with Gasteiger partial charge in [0.1, 0.15) is 0 Å². The summed E-state index contributed by atoms with van der Waals surface area (Å²) in [6, 6.07) is 5.76. The molecule has 3 heterocycles. The molecule has 0 radical (unpaired) electrons. The Hall–Kier alpha value is -1.88. The summed E-state index contributed by atoms with van der Waals surface area (Å²) >= 11 is 0. The number of rotatable bonds is 1. The standard InChI is InChI=1S/C13H16N4O/c18-13(16-7-3-5-14-6-9-16)11-10-15-17-8-2-1-4-12(11)17/h1-2,4,8,10,14H,3,5-7,9H2. The van der Waals surface area contributed by atoms with Crippen molar-refractivity contribution in [2.24, 2.45) is 0 Å². The van der Waals surface area contributed by atoms with Gasteiger partial charge in [-0.1, -0.05) is 6.07 Å². The average Bonchev–Trinajstić information content (AvgIpc) is 2.65. The van der Waals surface area contributed by atoms with E-state index >= 15 is 0 Å². The van der Waals surface area contributed by atoms with Crippen molar-refractivity contribution in [1.82, 2.24) is 19.8 Å². The third kappa shape index (κ3) is 1.97. The highest BCUT2D eigenvalue weighted by Crippen LogP contribution is 2.13. The molecule has 0 bridgehead atoms. The lowest BCUT2D eigenvalue weighted by Crippen LogP contribution is -2.34. The zero-order valence-electron chi connectivity index (χ0n) is 10.2. The summed E-state index contributed by atoms with van der Waals surface area (Å²) in [6.45, 7) is 3.43. The van der Waals surface area contributed by atoms with Gasteiger partial charge in [-0.05, 0) is 25.1 Å². The van der Waals surface area contributed by atoms with Crippen LogP contribution in [0.3, 0.4) is 0 Å². The van der Waals surface area contributed by atoms with Gasteiger partial charge >= 0.3 is 0 Å². The second-order valence-electron chi connectivity index (χ2n) is 4.48. The van der Waals surface area contributed by atoms with Crippen LogP contribution in [0.25, 0.3) is 5.52 Å². The lowest BCUT2D eigenvalue weighted by molar-refractivity contribution is 0.0768. The zero-order chi connectivity index (χ0) is 12.4. The summed E-state index contributed by atoms with van der Waals surface area (Å²) in [5.74, 6) is 0.0832. The second-order valence-corrected chi connectivity index (χ2v) is 4.48. The number of pyridine rings is 1. The molecule has 5 nitrogen and oxygen atoms in total. The summed E-state index contributed by atoms with van der Waals surface area (Å²) in [5.41, 5.74) is 1.57. The molecule has 2 aromatic heterocycles. The first-order chi connectivity index (χ1) is 8.86. The maximum absolute atomic E-state index is 12.5. The number of hydrogen-bond donors (Lipinski definition) is 1. The van der Waals surface area contributed by atoms with Crippen LogP contribution in [-0.2, 0) is 0 Å². The Morgan fingerprint density at radius 3 is 3.17 bits per heavy atom. The fraction of sp³-hybridized carbons (Fsp3) is 0.385. The van der Waals surface area contributed by atoms with Crippen LogP contribution in [-0.4, -0.2) is 46.6 Å². The average molecular weight is 244 g/mol. The molecule has 0 unspecified atom stereocenters. The number of carbonyl (C=O) groups excluding carboxylic acids is 1. The van der Waals surface area contributed by atoms with Gasteiger partial charge in [0.05, 0.1) is 17.3 Å². The van der Waals surface area contributed by atoms with Crippen molar-refractivity contribution in [2.75, 3.05) is 26.2 Å². The van der Waals surface area contributed by atoms with Crippen LogP contribution < -0.4 is 5.32 Å². The van der Waals surface area contributed by atoms with Crippen LogP contribution in [0.1, 0.15) is 16.8 Å². The number of fused-ring (bicyclic) bond motifs is 1. The first-order valence-corrected chi connectivity index (χ1v) is 6.28. The highest BCUT2D eigenvalue weighted by atomic mass is 16.2. The van der Waals surface area contributed by atoms with Gasteiger partial charge < -0.3 is 10.2 Å². The third-order valence-electron chi connectivity index (χ3n) is 3.28. The quantitative estimate of drug-likeness (QED) is 0.806. The highest BCUT2D eigenvalue weighted by molar-refractivity contribution is 6.00. The number of hydrogen-bond acceptors (Lipinski definition) is 3. The van der Waals surface area contributed by atoms with E-state index in [9.17, 15) is 4.79 Å². The van der Waals surface area contributed by atoms with Crippen LogP contribution in [0.4, 0.5) is 0 Å². The SMILES string of the molecule is O=C(c1cnn2ccccc12)N1CCCNCC1. The van der Waals surface area contributed by atoms with E-state index < -0.39 is 0 Å². The van der Waals surface area contributed by atoms with Gasteiger partial charge in [0.15, 0.2) is 0 Å². The molecule has 0 aromatic carbocycles.